The smallest absolute Gasteiger partial charge is 0.248 e. The Morgan fingerprint density at radius 1 is 1.05 bits per heavy atom. The van der Waals surface area contributed by atoms with Crippen molar-refractivity contribution in [3.05, 3.63) is 71.0 Å². The minimum absolute atomic E-state index is 0.0340. The van der Waals surface area contributed by atoms with E-state index in [-0.39, 0.29) is 17.7 Å². The third kappa shape index (κ3) is 7.74. The zero-order valence-corrected chi connectivity index (χ0v) is 24.4. The predicted octanol–water partition coefficient (Wildman–Crippen LogP) is 6.26. The lowest BCUT2D eigenvalue weighted by Gasteiger charge is -2.29. The van der Waals surface area contributed by atoms with Gasteiger partial charge in [-0.05, 0) is 41.5 Å². The highest BCUT2D eigenvalue weighted by atomic mass is 79.9. The van der Waals surface area contributed by atoms with Crippen molar-refractivity contribution in [1.29, 1.82) is 0 Å². The van der Waals surface area contributed by atoms with E-state index in [1.807, 2.05) is 71.9 Å². The van der Waals surface area contributed by atoms with Crippen LogP contribution in [0.4, 0.5) is 0 Å². The van der Waals surface area contributed by atoms with E-state index in [0.29, 0.717) is 19.5 Å². The zero-order chi connectivity index (χ0) is 27.4. The molecule has 0 saturated carbocycles. The average molecular weight is 571 g/mol. The van der Waals surface area contributed by atoms with Gasteiger partial charge in [-0.2, -0.15) is 0 Å². The number of amides is 2. The first kappa shape index (κ1) is 30.2. The number of carbonyl (C=O) groups is 2. The second-order valence-corrected chi connectivity index (χ2v) is 9.51. The van der Waals surface area contributed by atoms with Crippen molar-refractivity contribution in [2.45, 2.75) is 73.0 Å². The standard InChI is InChI=1S/C25H28BrN5O2.2C2H6/c1-17(2)23(31-15-13-28-29-31)25(33)30-14-5-8-22(30)24(32)27-16-18-9-11-19(12-10-18)20-6-3-4-7-21(20)26;2*1-2/h3-4,6-7,9-13,15,17,22-23H,5,8,14,16H2,1-2H3,(H,27,32);2*1-2H3. The first-order valence-corrected chi connectivity index (χ1v) is 14.0. The molecule has 1 aliphatic heterocycles. The van der Waals surface area contributed by atoms with Gasteiger partial charge in [0.1, 0.15) is 12.1 Å². The Balaban J connectivity index is 0.00000115. The first-order valence-electron chi connectivity index (χ1n) is 13.2. The predicted molar refractivity (Wildman–Crippen MR) is 153 cm³/mol. The second-order valence-electron chi connectivity index (χ2n) is 8.66. The van der Waals surface area contributed by atoms with E-state index in [9.17, 15) is 9.59 Å². The summed E-state index contributed by atoms with van der Waals surface area (Å²) in [5, 5.41) is 10.9. The Labute approximate surface area is 229 Å². The van der Waals surface area contributed by atoms with Crippen LogP contribution in [0.25, 0.3) is 11.1 Å². The van der Waals surface area contributed by atoms with Crippen LogP contribution in [0.2, 0.25) is 0 Å². The zero-order valence-electron chi connectivity index (χ0n) is 22.8. The van der Waals surface area contributed by atoms with Gasteiger partial charge in [0, 0.05) is 23.8 Å². The third-order valence-electron chi connectivity index (χ3n) is 6.05. The molecule has 2 heterocycles. The molecular weight excluding hydrogens is 530 g/mol. The number of hydrogen-bond acceptors (Lipinski definition) is 4. The van der Waals surface area contributed by atoms with Gasteiger partial charge in [-0.1, -0.05) is 105 Å². The molecule has 2 aromatic carbocycles. The van der Waals surface area contributed by atoms with Crippen LogP contribution in [-0.4, -0.2) is 44.3 Å². The van der Waals surface area contributed by atoms with Crippen molar-refractivity contribution in [3.63, 3.8) is 0 Å². The molecule has 8 heteroatoms. The summed E-state index contributed by atoms with van der Waals surface area (Å²) in [4.78, 5) is 28.0. The molecule has 0 radical (unpaired) electrons. The molecular formula is C29H40BrN5O2. The fourth-order valence-electron chi connectivity index (χ4n) is 4.35. The van der Waals surface area contributed by atoms with Gasteiger partial charge in [-0.3, -0.25) is 9.59 Å². The average Bonchev–Trinajstić information content (AvgIpc) is 3.63. The molecule has 3 aromatic rings. The van der Waals surface area contributed by atoms with Gasteiger partial charge in [0.15, 0.2) is 0 Å². The van der Waals surface area contributed by atoms with E-state index in [2.05, 4.69) is 49.8 Å². The fraction of sp³-hybridized carbons (Fsp3) is 0.448. The molecule has 0 spiro atoms. The number of benzene rings is 2. The number of nitrogens with one attached hydrogen (secondary N) is 1. The fourth-order valence-corrected chi connectivity index (χ4v) is 4.86. The van der Waals surface area contributed by atoms with Crippen LogP contribution in [0.15, 0.2) is 65.4 Å². The minimum atomic E-state index is -0.467. The highest BCUT2D eigenvalue weighted by Crippen LogP contribution is 2.28. The van der Waals surface area contributed by atoms with E-state index < -0.39 is 12.1 Å². The topological polar surface area (TPSA) is 80.1 Å². The molecule has 1 saturated heterocycles. The largest absolute Gasteiger partial charge is 0.350 e. The first-order chi connectivity index (χ1) is 18.0. The van der Waals surface area contributed by atoms with Crippen LogP contribution in [0, 0.1) is 5.92 Å². The third-order valence-corrected chi connectivity index (χ3v) is 6.75. The van der Waals surface area contributed by atoms with Crippen molar-refractivity contribution in [2.75, 3.05) is 6.54 Å². The number of aromatic nitrogens is 3. The normalized spacial score (nSPS) is 15.2. The summed E-state index contributed by atoms with van der Waals surface area (Å²) in [5.41, 5.74) is 3.25. The van der Waals surface area contributed by atoms with Crippen molar-refractivity contribution < 1.29 is 9.59 Å². The summed E-state index contributed by atoms with van der Waals surface area (Å²) < 4.78 is 2.63. The van der Waals surface area contributed by atoms with Crippen LogP contribution in [0.1, 0.15) is 66.0 Å². The second kappa shape index (κ2) is 15.3. The summed E-state index contributed by atoms with van der Waals surface area (Å²) >= 11 is 3.59. The number of hydrogen-bond donors (Lipinski definition) is 1. The number of nitrogens with zero attached hydrogens (tertiary/aromatic N) is 4. The van der Waals surface area contributed by atoms with E-state index in [0.717, 1.165) is 27.6 Å². The molecule has 1 aliphatic rings. The molecule has 37 heavy (non-hydrogen) atoms. The molecule has 1 N–H and O–H groups in total. The van der Waals surface area contributed by atoms with Gasteiger partial charge in [-0.25, -0.2) is 4.68 Å². The van der Waals surface area contributed by atoms with E-state index in [1.165, 1.54) is 0 Å². The molecule has 1 fully saturated rings. The highest BCUT2D eigenvalue weighted by molar-refractivity contribution is 9.10. The molecule has 2 atom stereocenters. The molecule has 0 aliphatic carbocycles. The van der Waals surface area contributed by atoms with Crippen molar-refractivity contribution >= 4 is 27.7 Å². The summed E-state index contributed by atoms with van der Waals surface area (Å²) in [6, 6.07) is 15.3. The Kier molecular flexibility index (Phi) is 12.5. The van der Waals surface area contributed by atoms with E-state index in [4.69, 9.17) is 0 Å². The molecule has 4 rings (SSSR count). The van der Waals surface area contributed by atoms with Crippen LogP contribution in [0.3, 0.4) is 0 Å². The summed E-state index contributed by atoms with van der Waals surface area (Å²) in [6.45, 7) is 13.0. The quantitative estimate of drug-likeness (QED) is 0.364. The molecule has 2 amide bonds. The van der Waals surface area contributed by atoms with E-state index in [1.54, 1.807) is 22.0 Å². The van der Waals surface area contributed by atoms with Crippen LogP contribution < -0.4 is 5.32 Å². The summed E-state index contributed by atoms with van der Waals surface area (Å²) in [5.74, 6) is -0.158. The number of carbonyl (C=O) groups excluding carboxylic acids is 2. The van der Waals surface area contributed by atoms with Crippen molar-refractivity contribution in [1.82, 2.24) is 25.2 Å². The molecule has 2 unspecified atom stereocenters. The van der Waals surface area contributed by atoms with Crippen LogP contribution in [0.5, 0.6) is 0 Å². The Morgan fingerprint density at radius 2 is 1.73 bits per heavy atom. The number of halogens is 1. The maximum absolute atomic E-state index is 13.3. The summed E-state index contributed by atoms with van der Waals surface area (Å²) in [6.07, 6.45) is 4.75. The molecule has 0 bridgehead atoms. The number of likely N-dealkylation sites (tertiary alicyclic amines) is 1. The maximum Gasteiger partial charge on any atom is 0.248 e. The lowest BCUT2D eigenvalue weighted by Crippen LogP contribution is -2.48. The molecule has 1 aromatic heterocycles. The Bertz CT molecular complexity index is 1100. The van der Waals surface area contributed by atoms with Gasteiger partial charge in [0.05, 0.1) is 6.20 Å². The lowest BCUT2D eigenvalue weighted by atomic mass is 10.0. The van der Waals surface area contributed by atoms with Crippen molar-refractivity contribution in [3.8, 4) is 11.1 Å². The van der Waals surface area contributed by atoms with Gasteiger partial charge in [-0.15, -0.1) is 5.10 Å². The van der Waals surface area contributed by atoms with Crippen LogP contribution in [-0.2, 0) is 16.1 Å². The van der Waals surface area contributed by atoms with Crippen molar-refractivity contribution in [2.24, 2.45) is 5.92 Å². The minimum Gasteiger partial charge on any atom is -0.350 e. The Morgan fingerprint density at radius 3 is 2.32 bits per heavy atom. The van der Waals surface area contributed by atoms with Gasteiger partial charge >= 0.3 is 0 Å². The van der Waals surface area contributed by atoms with Gasteiger partial charge in [0.25, 0.3) is 0 Å². The highest BCUT2D eigenvalue weighted by Gasteiger charge is 2.39. The number of rotatable bonds is 7. The van der Waals surface area contributed by atoms with Crippen LogP contribution >= 0.6 is 15.9 Å². The van der Waals surface area contributed by atoms with Gasteiger partial charge in [0.2, 0.25) is 11.8 Å². The van der Waals surface area contributed by atoms with Gasteiger partial charge < -0.3 is 10.2 Å². The Hall–Kier alpha value is -3.00. The summed E-state index contributed by atoms with van der Waals surface area (Å²) in [7, 11) is 0. The molecule has 7 nitrogen and oxygen atoms in total. The molecule has 200 valence electrons. The lowest BCUT2D eigenvalue weighted by molar-refractivity contribution is -0.142. The monoisotopic (exact) mass is 569 g/mol. The maximum atomic E-state index is 13.3. The van der Waals surface area contributed by atoms with E-state index >= 15 is 0 Å². The SMILES string of the molecule is CC.CC.CC(C)C(C(=O)N1CCCC1C(=O)NCc1ccc(-c2ccccc2Br)cc1)n1ccnn1.